The molecule has 2 heterocycles. The van der Waals surface area contributed by atoms with Gasteiger partial charge in [0, 0.05) is 24.9 Å². The monoisotopic (exact) mass is 418 g/mol. The number of rotatable bonds is 7. The molecule has 0 fully saturated rings. The minimum Gasteiger partial charge on any atom is -0.497 e. The van der Waals surface area contributed by atoms with Crippen LogP contribution in [0.3, 0.4) is 0 Å². The van der Waals surface area contributed by atoms with Crippen LogP contribution in [0, 0.1) is 13.8 Å². The fraction of sp³-hybridized carbons (Fsp3) is 0.250. The number of fused-ring (bicyclic) bond motifs is 1. The lowest BCUT2D eigenvalue weighted by Crippen LogP contribution is -2.17. The number of carbonyl (C=O) groups is 1. The Bertz CT molecular complexity index is 1210. The highest BCUT2D eigenvalue weighted by molar-refractivity contribution is 6.06. The van der Waals surface area contributed by atoms with E-state index in [1.165, 1.54) is 0 Å². The van der Waals surface area contributed by atoms with E-state index in [9.17, 15) is 4.79 Å². The van der Waals surface area contributed by atoms with Gasteiger partial charge in [-0.15, -0.1) is 0 Å². The Hall–Kier alpha value is -3.58. The van der Waals surface area contributed by atoms with Gasteiger partial charge in [0.1, 0.15) is 17.4 Å². The summed E-state index contributed by atoms with van der Waals surface area (Å²) in [5, 5.41) is 3.11. The zero-order valence-electron chi connectivity index (χ0n) is 18.2. The van der Waals surface area contributed by atoms with Crippen LogP contribution in [-0.2, 0) is 11.3 Å². The third-order valence-electron chi connectivity index (χ3n) is 5.54. The van der Waals surface area contributed by atoms with Gasteiger partial charge in [0.25, 0.3) is 5.91 Å². The van der Waals surface area contributed by atoms with Gasteiger partial charge in [-0.25, -0.2) is 4.98 Å². The molecule has 7 nitrogen and oxygen atoms in total. The molecule has 1 amide bonds. The summed E-state index contributed by atoms with van der Waals surface area (Å²) in [7, 11) is 3.25. The molecular formula is C24H26N4O3. The van der Waals surface area contributed by atoms with Crippen molar-refractivity contribution in [3.8, 4) is 17.1 Å². The lowest BCUT2D eigenvalue weighted by molar-refractivity contribution is 0.102. The molecule has 31 heavy (non-hydrogen) atoms. The molecule has 160 valence electrons. The number of nitrogens with one attached hydrogen (secondary N) is 2. The number of carbonyl (C=O) groups excluding carboxylic acids is 1. The highest BCUT2D eigenvalue weighted by Gasteiger charge is 2.23. The number of imidazole rings is 1. The molecule has 4 aromatic rings. The normalized spacial score (nSPS) is 11.1. The first-order valence-corrected chi connectivity index (χ1v) is 10.1. The Morgan fingerprint density at radius 2 is 1.94 bits per heavy atom. The number of nitrogens with zero attached hydrogens (tertiary/aromatic N) is 2. The summed E-state index contributed by atoms with van der Waals surface area (Å²) in [6, 6.07) is 15.0. The number of anilines is 1. The third-order valence-corrected chi connectivity index (χ3v) is 5.54. The van der Waals surface area contributed by atoms with E-state index in [0.29, 0.717) is 30.3 Å². The van der Waals surface area contributed by atoms with Crippen LogP contribution in [0.4, 0.5) is 5.82 Å². The van der Waals surface area contributed by atoms with E-state index < -0.39 is 0 Å². The molecule has 2 aromatic carbocycles. The van der Waals surface area contributed by atoms with Gasteiger partial charge in [-0.2, -0.15) is 0 Å². The van der Waals surface area contributed by atoms with Gasteiger partial charge in [0.2, 0.25) is 0 Å². The second kappa shape index (κ2) is 8.65. The van der Waals surface area contributed by atoms with E-state index in [4.69, 9.17) is 14.5 Å². The highest BCUT2D eigenvalue weighted by Crippen LogP contribution is 2.36. The zero-order valence-corrected chi connectivity index (χ0v) is 18.2. The molecule has 0 saturated heterocycles. The Kier molecular flexibility index (Phi) is 5.77. The van der Waals surface area contributed by atoms with Gasteiger partial charge in [-0.1, -0.05) is 18.2 Å². The van der Waals surface area contributed by atoms with Crippen LogP contribution in [0.15, 0.2) is 48.5 Å². The first kappa shape index (κ1) is 20.7. The minimum absolute atomic E-state index is 0.215. The maximum absolute atomic E-state index is 13.1. The van der Waals surface area contributed by atoms with E-state index >= 15 is 0 Å². The van der Waals surface area contributed by atoms with Crippen LogP contribution in [0.25, 0.3) is 22.4 Å². The molecule has 2 aromatic heterocycles. The first-order chi connectivity index (χ1) is 15.0. The molecule has 0 spiro atoms. The van der Waals surface area contributed by atoms with Crippen molar-refractivity contribution in [1.29, 1.82) is 0 Å². The van der Waals surface area contributed by atoms with E-state index in [1.54, 1.807) is 32.4 Å². The molecule has 0 radical (unpaired) electrons. The molecule has 4 rings (SSSR count). The Morgan fingerprint density at radius 3 is 2.68 bits per heavy atom. The molecule has 0 unspecified atom stereocenters. The maximum Gasteiger partial charge on any atom is 0.256 e. The summed E-state index contributed by atoms with van der Waals surface area (Å²) >= 11 is 0. The van der Waals surface area contributed by atoms with Crippen molar-refractivity contribution in [3.05, 3.63) is 65.4 Å². The van der Waals surface area contributed by atoms with Crippen LogP contribution in [0.2, 0.25) is 0 Å². The zero-order chi connectivity index (χ0) is 22.0. The number of methoxy groups -OCH3 is 2. The maximum atomic E-state index is 13.1. The molecule has 0 aliphatic carbocycles. The van der Waals surface area contributed by atoms with Gasteiger partial charge in [0.05, 0.1) is 30.3 Å². The quantitative estimate of drug-likeness (QED) is 0.461. The van der Waals surface area contributed by atoms with Crippen LogP contribution in [0.5, 0.6) is 5.75 Å². The molecule has 0 aliphatic heterocycles. The molecule has 0 saturated carbocycles. The Morgan fingerprint density at radius 1 is 1.13 bits per heavy atom. The fourth-order valence-corrected chi connectivity index (χ4v) is 3.76. The molecule has 7 heteroatoms. The van der Waals surface area contributed by atoms with Crippen LogP contribution in [-0.4, -0.2) is 41.3 Å². The van der Waals surface area contributed by atoms with Gasteiger partial charge in [-0.3, -0.25) is 4.79 Å². The van der Waals surface area contributed by atoms with Crippen molar-refractivity contribution in [3.63, 3.8) is 0 Å². The van der Waals surface area contributed by atoms with Gasteiger partial charge >= 0.3 is 0 Å². The average molecular weight is 418 g/mol. The number of hydrogen-bond donors (Lipinski definition) is 2. The van der Waals surface area contributed by atoms with Gasteiger partial charge in [0.15, 0.2) is 0 Å². The minimum atomic E-state index is -0.215. The second-order valence-corrected chi connectivity index (χ2v) is 7.37. The molecular weight excluding hydrogens is 392 g/mol. The number of hydrogen-bond acceptors (Lipinski definition) is 4. The van der Waals surface area contributed by atoms with Crippen molar-refractivity contribution in [1.82, 2.24) is 14.5 Å². The standard InChI is InChI=1S/C24H26N4O3/c1-15-16(2)28(12-13-30-3)23(27-24(29)17-8-7-9-18(14-17)31-4)21(15)22-25-19-10-5-6-11-20(19)26-22/h5-11,14H,12-13H2,1-4H3,(H,25,26)(H,27,29). The SMILES string of the molecule is COCCn1c(C)c(C)c(-c2nc3ccccc3[nH]2)c1NC(=O)c1cccc(OC)c1. The Balaban J connectivity index is 1.82. The van der Waals surface area contributed by atoms with Crippen LogP contribution in [0.1, 0.15) is 21.6 Å². The molecule has 2 N–H and O–H groups in total. The van der Waals surface area contributed by atoms with Crippen LogP contribution >= 0.6 is 0 Å². The van der Waals surface area contributed by atoms with E-state index in [2.05, 4.69) is 14.9 Å². The Labute approximate surface area is 181 Å². The number of aromatic amines is 1. The number of benzene rings is 2. The molecule has 0 aliphatic rings. The number of ether oxygens (including phenoxy) is 2. The first-order valence-electron chi connectivity index (χ1n) is 10.1. The largest absolute Gasteiger partial charge is 0.497 e. The summed E-state index contributed by atoms with van der Waals surface area (Å²) in [5.74, 6) is 1.83. The summed E-state index contributed by atoms with van der Waals surface area (Å²) < 4.78 is 12.6. The second-order valence-electron chi connectivity index (χ2n) is 7.37. The van der Waals surface area contributed by atoms with E-state index in [1.807, 2.05) is 44.2 Å². The van der Waals surface area contributed by atoms with Crippen molar-refractivity contribution in [2.75, 3.05) is 26.1 Å². The van der Waals surface area contributed by atoms with Crippen molar-refractivity contribution in [2.45, 2.75) is 20.4 Å². The van der Waals surface area contributed by atoms with Crippen LogP contribution < -0.4 is 10.1 Å². The topological polar surface area (TPSA) is 81.2 Å². The predicted octanol–water partition coefficient (Wildman–Crippen LogP) is 4.56. The lowest BCUT2D eigenvalue weighted by atomic mass is 10.1. The summed E-state index contributed by atoms with van der Waals surface area (Å²) in [6.07, 6.45) is 0. The summed E-state index contributed by atoms with van der Waals surface area (Å²) in [5.41, 5.74) is 5.32. The number of aromatic nitrogens is 3. The van der Waals surface area contributed by atoms with Crippen molar-refractivity contribution in [2.24, 2.45) is 0 Å². The smallest absolute Gasteiger partial charge is 0.256 e. The van der Waals surface area contributed by atoms with Gasteiger partial charge in [-0.05, 0) is 49.7 Å². The molecule has 0 atom stereocenters. The molecule has 0 bridgehead atoms. The van der Waals surface area contributed by atoms with E-state index in [-0.39, 0.29) is 5.91 Å². The highest BCUT2D eigenvalue weighted by atomic mass is 16.5. The third kappa shape index (κ3) is 3.92. The number of amides is 1. The summed E-state index contributed by atoms with van der Waals surface area (Å²) in [6.45, 7) is 5.22. The van der Waals surface area contributed by atoms with Gasteiger partial charge < -0.3 is 24.3 Å². The average Bonchev–Trinajstić information content (AvgIpc) is 3.31. The number of para-hydroxylation sites is 2. The fourth-order valence-electron chi connectivity index (χ4n) is 3.76. The number of H-pyrrole nitrogens is 1. The van der Waals surface area contributed by atoms with Crippen molar-refractivity contribution >= 4 is 22.8 Å². The summed E-state index contributed by atoms with van der Waals surface area (Å²) in [4.78, 5) is 21.3. The lowest BCUT2D eigenvalue weighted by Gasteiger charge is -2.14. The van der Waals surface area contributed by atoms with E-state index in [0.717, 1.165) is 33.7 Å². The predicted molar refractivity (Wildman–Crippen MR) is 122 cm³/mol. The van der Waals surface area contributed by atoms with Crippen molar-refractivity contribution < 1.29 is 14.3 Å².